The van der Waals surface area contributed by atoms with E-state index in [4.69, 9.17) is 30.0 Å². The van der Waals surface area contributed by atoms with Gasteiger partial charge >= 0.3 is 0 Å². The van der Waals surface area contributed by atoms with Crippen LogP contribution in [0.1, 0.15) is 34.1 Å². The fraction of sp³-hybridized carbons (Fsp3) is 1.00. The standard InChI is InChI=1S/C14H30BO4PSSi/c1-10-11(19-22(5,6)13(2,3)4)12(15)18-14(10)7-8-16-20(21)17-9-14/h10-12,20H,7-9,15H2,1-6H3/t10?,11-,12+,14+/m0/s1. The van der Waals surface area contributed by atoms with E-state index in [9.17, 15) is 0 Å². The lowest BCUT2D eigenvalue weighted by Gasteiger charge is -2.40. The minimum atomic E-state index is -1.83. The Kier molecular flexibility index (Phi) is 5.72. The summed E-state index contributed by atoms with van der Waals surface area (Å²) in [5.74, 6) is 0.281. The zero-order valence-corrected chi connectivity index (χ0v) is 17.7. The molecule has 2 aliphatic heterocycles. The molecule has 0 radical (unpaired) electrons. The van der Waals surface area contributed by atoms with E-state index in [1.54, 1.807) is 0 Å². The molecule has 2 fully saturated rings. The van der Waals surface area contributed by atoms with E-state index in [0.717, 1.165) is 6.42 Å². The van der Waals surface area contributed by atoms with E-state index >= 15 is 0 Å². The summed E-state index contributed by atoms with van der Waals surface area (Å²) >= 11 is 5.21. The molecule has 2 unspecified atom stereocenters. The first kappa shape index (κ1) is 19.1. The normalized spacial score (nSPS) is 40.8. The summed E-state index contributed by atoms with van der Waals surface area (Å²) in [6, 6.07) is 0.0756. The highest BCUT2D eigenvalue weighted by Crippen LogP contribution is 2.47. The van der Waals surface area contributed by atoms with E-state index in [2.05, 4.69) is 48.6 Å². The molecular formula is C14H30BO4PSSi. The molecule has 2 rings (SSSR count). The SMILES string of the molecule is B[C@@H]1O[C@@]2(CCO[PH](=S)OC2)C(C)[C@@H]1O[Si](C)(C)C(C)(C)C. The van der Waals surface area contributed by atoms with E-state index < -0.39 is 15.5 Å². The van der Waals surface area contributed by atoms with Crippen LogP contribution in [-0.4, -0.2) is 47.1 Å². The van der Waals surface area contributed by atoms with Crippen LogP contribution in [0.15, 0.2) is 0 Å². The molecule has 0 N–H and O–H groups in total. The third-order valence-electron chi connectivity index (χ3n) is 5.62. The van der Waals surface area contributed by atoms with Crippen LogP contribution in [0.4, 0.5) is 0 Å². The van der Waals surface area contributed by atoms with Crippen molar-refractivity contribution in [1.82, 2.24) is 0 Å². The van der Waals surface area contributed by atoms with Crippen LogP contribution in [0.2, 0.25) is 18.1 Å². The zero-order valence-electron chi connectivity index (χ0n) is 14.9. The second kappa shape index (κ2) is 6.58. The predicted octanol–water partition coefficient (Wildman–Crippen LogP) is 2.68. The third-order valence-corrected chi connectivity index (χ3v) is 11.6. The van der Waals surface area contributed by atoms with Gasteiger partial charge in [0.05, 0.1) is 24.9 Å². The predicted molar refractivity (Wildman–Crippen MR) is 99.6 cm³/mol. The maximum absolute atomic E-state index is 6.68. The molecule has 0 aromatic carbocycles. The van der Waals surface area contributed by atoms with Crippen LogP contribution in [0.5, 0.6) is 0 Å². The quantitative estimate of drug-likeness (QED) is 0.556. The lowest BCUT2D eigenvalue weighted by atomic mass is 9.82. The molecule has 22 heavy (non-hydrogen) atoms. The highest BCUT2D eigenvalue weighted by atomic mass is 32.4. The lowest BCUT2D eigenvalue weighted by molar-refractivity contribution is -0.0619. The first-order valence-corrected chi connectivity index (χ1v) is 13.5. The number of hydrogen-bond acceptors (Lipinski definition) is 5. The molecule has 5 atom stereocenters. The molecule has 0 amide bonds. The second-order valence-corrected chi connectivity index (χ2v) is 15.0. The average molecular weight is 364 g/mol. The molecule has 0 aromatic heterocycles. The molecule has 8 heteroatoms. The molecule has 0 aliphatic carbocycles. The van der Waals surface area contributed by atoms with E-state index in [-0.39, 0.29) is 28.7 Å². The minimum absolute atomic E-state index is 0.0756. The Morgan fingerprint density at radius 3 is 2.55 bits per heavy atom. The van der Waals surface area contributed by atoms with Crippen LogP contribution in [-0.2, 0) is 30.0 Å². The summed E-state index contributed by atoms with van der Waals surface area (Å²) < 4.78 is 24.3. The Bertz CT molecular complexity index is 445. The van der Waals surface area contributed by atoms with Gasteiger partial charge in [0.1, 0.15) is 7.85 Å². The van der Waals surface area contributed by atoms with Crippen LogP contribution in [0, 0.1) is 5.92 Å². The summed E-state index contributed by atoms with van der Waals surface area (Å²) in [5, 5.41) is 0.196. The van der Waals surface area contributed by atoms with Gasteiger partial charge in [-0.3, -0.25) is 0 Å². The Balaban J connectivity index is 2.16. The summed E-state index contributed by atoms with van der Waals surface area (Å²) in [6.45, 7) is 14.8. The fourth-order valence-electron chi connectivity index (χ4n) is 3.02. The molecular weight excluding hydrogens is 334 g/mol. The third kappa shape index (κ3) is 3.71. The summed E-state index contributed by atoms with van der Waals surface area (Å²) in [5.41, 5.74) is -0.308. The number of hydrogen-bond donors (Lipinski definition) is 0. The number of rotatable bonds is 2. The summed E-state index contributed by atoms with van der Waals surface area (Å²) in [7, 11) is -1.24. The minimum Gasteiger partial charge on any atom is -0.412 e. The van der Waals surface area contributed by atoms with Crippen molar-refractivity contribution in [2.45, 2.75) is 70.0 Å². The van der Waals surface area contributed by atoms with Gasteiger partial charge in [-0.1, -0.05) is 27.7 Å². The molecule has 1 spiro atoms. The van der Waals surface area contributed by atoms with Gasteiger partial charge in [-0.2, -0.15) is 0 Å². The van der Waals surface area contributed by atoms with Crippen LogP contribution in [0.3, 0.4) is 0 Å². The Morgan fingerprint density at radius 1 is 1.32 bits per heavy atom. The molecule has 2 heterocycles. The largest absolute Gasteiger partial charge is 0.412 e. The molecule has 0 aromatic rings. The first-order valence-electron chi connectivity index (χ1n) is 8.14. The molecule has 4 nitrogen and oxygen atoms in total. The van der Waals surface area contributed by atoms with Gasteiger partial charge in [-0.25, -0.2) is 0 Å². The zero-order chi connectivity index (χ0) is 16.8. The monoisotopic (exact) mass is 364 g/mol. The number of ether oxygens (including phenoxy) is 1. The Morgan fingerprint density at radius 2 is 1.95 bits per heavy atom. The van der Waals surface area contributed by atoms with Crippen molar-refractivity contribution in [3.63, 3.8) is 0 Å². The van der Waals surface area contributed by atoms with Crippen molar-refractivity contribution in [2.75, 3.05) is 13.2 Å². The second-order valence-electron chi connectivity index (χ2n) is 8.16. The van der Waals surface area contributed by atoms with Crippen molar-refractivity contribution in [3.8, 4) is 0 Å². The van der Waals surface area contributed by atoms with Gasteiger partial charge in [-0.05, 0) is 29.9 Å². The smallest absolute Gasteiger partial charge is 0.192 e. The lowest BCUT2D eigenvalue weighted by Crippen LogP contribution is -2.49. The molecule has 2 saturated heterocycles. The van der Waals surface area contributed by atoms with Gasteiger partial charge in [-0.15, -0.1) is 0 Å². The molecule has 2 aliphatic rings. The maximum Gasteiger partial charge on any atom is 0.192 e. The molecule has 128 valence electrons. The van der Waals surface area contributed by atoms with E-state index in [1.807, 2.05) is 0 Å². The summed E-state index contributed by atoms with van der Waals surface area (Å²) in [6.07, 6.45) is 0.948. The van der Waals surface area contributed by atoms with Gasteiger partial charge in [0.2, 0.25) is 0 Å². The van der Waals surface area contributed by atoms with Gasteiger partial charge in [0, 0.05) is 18.3 Å². The topological polar surface area (TPSA) is 36.9 Å². The Hall–Kier alpha value is 0.772. The van der Waals surface area contributed by atoms with Crippen molar-refractivity contribution in [1.29, 1.82) is 0 Å². The van der Waals surface area contributed by atoms with Crippen molar-refractivity contribution in [3.05, 3.63) is 0 Å². The highest BCUT2D eigenvalue weighted by molar-refractivity contribution is 8.00. The van der Waals surface area contributed by atoms with Gasteiger partial charge in [0.25, 0.3) is 0 Å². The highest BCUT2D eigenvalue weighted by Gasteiger charge is 2.54. The fourth-order valence-corrected chi connectivity index (χ4v) is 5.59. The van der Waals surface area contributed by atoms with Crippen LogP contribution >= 0.6 is 7.15 Å². The first-order chi connectivity index (χ1) is 9.98. The van der Waals surface area contributed by atoms with Crippen molar-refractivity contribution >= 4 is 35.1 Å². The molecule has 0 bridgehead atoms. The van der Waals surface area contributed by atoms with Crippen molar-refractivity contribution in [2.24, 2.45) is 5.92 Å². The van der Waals surface area contributed by atoms with Gasteiger partial charge in [0.15, 0.2) is 15.5 Å². The van der Waals surface area contributed by atoms with Gasteiger partial charge < -0.3 is 18.2 Å². The maximum atomic E-state index is 6.68. The molecule has 0 saturated carbocycles. The van der Waals surface area contributed by atoms with Crippen LogP contribution < -0.4 is 0 Å². The van der Waals surface area contributed by atoms with Crippen LogP contribution in [0.25, 0.3) is 0 Å². The van der Waals surface area contributed by atoms with Crippen molar-refractivity contribution < 1.29 is 18.2 Å². The Labute approximate surface area is 142 Å². The van der Waals surface area contributed by atoms with E-state index in [0.29, 0.717) is 13.2 Å². The summed E-state index contributed by atoms with van der Waals surface area (Å²) in [4.78, 5) is 0. The van der Waals surface area contributed by atoms with E-state index in [1.165, 1.54) is 0 Å². The average Bonchev–Trinajstić information content (AvgIpc) is 2.52.